The fourth-order valence-corrected chi connectivity index (χ4v) is 3.61. The van der Waals surface area contributed by atoms with Crippen molar-refractivity contribution in [1.29, 1.82) is 0 Å². The molecule has 2 aromatic carbocycles. The lowest BCUT2D eigenvalue weighted by atomic mass is 9.94. The summed E-state index contributed by atoms with van der Waals surface area (Å²) in [7, 11) is 0. The van der Waals surface area contributed by atoms with Crippen LogP contribution in [0.2, 0.25) is 0 Å². The van der Waals surface area contributed by atoms with Gasteiger partial charge >= 0.3 is 0 Å². The molecule has 0 bridgehead atoms. The number of hydrogen-bond acceptors (Lipinski definition) is 2. The van der Waals surface area contributed by atoms with Gasteiger partial charge in [-0.05, 0) is 49.0 Å². The van der Waals surface area contributed by atoms with Crippen LogP contribution in [0.4, 0.5) is 0 Å². The Morgan fingerprint density at radius 2 is 1.70 bits per heavy atom. The van der Waals surface area contributed by atoms with Gasteiger partial charge in [0, 0.05) is 24.4 Å². The third-order valence-electron chi connectivity index (χ3n) is 4.87. The van der Waals surface area contributed by atoms with E-state index in [9.17, 15) is 0 Å². The molecule has 1 fully saturated rings. The van der Waals surface area contributed by atoms with Crippen molar-refractivity contribution >= 4 is 6.08 Å². The Morgan fingerprint density at radius 3 is 2.52 bits per heavy atom. The van der Waals surface area contributed by atoms with Crippen LogP contribution in [0.1, 0.15) is 36.0 Å². The fraction of sp³-hybridized carbons (Fsp3) is 0.333. The molecule has 2 aliphatic rings. The molecule has 1 saturated heterocycles. The van der Waals surface area contributed by atoms with E-state index >= 15 is 0 Å². The zero-order chi connectivity index (χ0) is 15.5. The highest BCUT2D eigenvalue weighted by atomic mass is 16.5. The number of benzene rings is 2. The first-order valence-corrected chi connectivity index (χ1v) is 8.64. The maximum atomic E-state index is 6.11. The van der Waals surface area contributed by atoms with Gasteiger partial charge in [-0.1, -0.05) is 42.5 Å². The molecule has 0 aromatic heterocycles. The standard InChI is InChI=1S/C21H23NO/c1-2-7-17(8-3-1)16-23-21-10-6-9-18-15-19(11-12-20(18)21)22-13-4-5-14-22/h1-3,6-10,15H,4-5,11-14,16H2. The van der Waals surface area contributed by atoms with Gasteiger partial charge in [0.2, 0.25) is 0 Å². The van der Waals surface area contributed by atoms with E-state index in [2.05, 4.69) is 53.4 Å². The molecule has 0 unspecified atom stereocenters. The summed E-state index contributed by atoms with van der Waals surface area (Å²) in [5, 5.41) is 0. The van der Waals surface area contributed by atoms with Gasteiger partial charge in [-0.3, -0.25) is 0 Å². The van der Waals surface area contributed by atoms with Crippen LogP contribution in [-0.4, -0.2) is 18.0 Å². The van der Waals surface area contributed by atoms with Crippen molar-refractivity contribution in [3.8, 4) is 5.75 Å². The number of fused-ring (bicyclic) bond motifs is 1. The van der Waals surface area contributed by atoms with Crippen molar-refractivity contribution < 1.29 is 4.74 Å². The van der Waals surface area contributed by atoms with Gasteiger partial charge in [-0.25, -0.2) is 0 Å². The number of nitrogens with zero attached hydrogens (tertiary/aromatic N) is 1. The number of likely N-dealkylation sites (tertiary alicyclic amines) is 1. The molecule has 1 aliphatic carbocycles. The molecule has 0 amide bonds. The van der Waals surface area contributed by atoms with Gasteiger partial charge < -0.3 is 9.64 Å². The number of hydrogen-bond donors (Lipinski definition) is 0. The molecule has 1 heterocycles. The average molecular weight is 305 g/mol. The molecule has 0 radical (unpaired) electrons. The van der Waals surface area contributed by atoms with Crippen molar-refractivity contribution in [2.45, 2.75) is 32.3 Å². The first-order valence-electron chi connectivity index (χ1n) is 8.64. The lowest BCUT2D eigenvalue weighted by molar-refractivity contribution is 0.302. The van der Waals surface area contributed by atoms with Gasteiger partial charge in [0.25, 0.3) is 0 Å². The van der Waals surface area contributed by atoms with Crippen molar-refractivity contribution in [3.63, 3.8) is 0 Å². The quantitative estimate of drug-likeness (QED) is 0.815. The molecule has 2 nitrogen and oxygen atoms in total. The third kappa shape index (κ3) is 3.12. The maximum absolute atomic E-state index is 6.11. The van der Waals surface area contributed by atoms with E-state index in [1.165, 1.54) is 48.3 Å². The average Bonchev–Trinajstić information content (AvgIpc) is 3.15. The van der Waals surface area contributed by atoms with Crippen LogP contribution in [-0.2, 0) is 13.0 Å². The molecule has 118 valence electrons. The van der Waals surface area contributed by atoms with Crippen molar-refractivity contribution in [3.05, 3.63) is 70.9 Å². The SMILES string of the molecule is C1=C(N2CCCC2)CCc2c1cccc2OCc1ccccc1. The Hall–Kier alpha value is -2.22. The van der Waals surface area contributed by atoms with Gasteiger partial charge in [0.05, 0.1) is 0 Å². The molecular formula is C21H23NO. The Morgan fingerprint density at radius 1 is 0.870 bits per heavy atom. The highest BCUT2D eigenvalue weighted by Gasteiger charge is 2.20. The Kier molecular flexibility index (Phi) is 4.06. The zero-order valence-corrected chi connectivity index (χ0v) is 13.5. The second kappa shape index (κ2) is 6.49. The van der Waals surface area contributed by atoms with Gasteiger partial charge in [-0.15, -0.1) is 0 Å². The van der Waals surface area contributed by atoms with E-state index < -0.39 is 0 Å². The van der Waals surface area contributed by atoms with Gasteiger partial charge in [-0.2, -0.15) is 0 Å². The molecule has 0 spiro atoms. The minimum atomic E-state index is 0.639. The summed E-state index contributed by atoms with van der Waals surface area (Å²) in [6, 6.07) is 16.8. The van der Waals surface area contributed by atoms with E-state index in [0.29, 0.717) is 6.61 Å². The van der Waals surface area contributed by atoms with Crippen molar-refractivity contribution in [2.24, 2.45) is 0 Å². The first-order chi connectivity index (χ1) is 11.4. The van der Waals surface area contributed by atoms with E-state index in [0.717, 1.165) is 18.6 Å². The predicted octanol–water partition coefficient (Wildman–Crippen LogP) is 4.65. The molecular weight excluding hydrogens is 282 g/mol. The third-order valence-corrected chi connectivity index (χ3v) is 4.87. The van der Waals surface area contributed by atoms with Gasteiger partial charge in [0.1, 0.15) is 12.4 Å². The lowest BCUT2D eigenvalue weighted by Crippen LogP contribution is -2.20. The molecule has 0 N–H and O–H groups in total. The molecule has 4 rings (SSSR count). The summed E-state index contributed by atoms with van der Waals surface area (Å²) in [6.45, 7) is 3.09. The fourth-order valence-electron chi connectivity index (χ4n) is 3.61. The molecule has 2 aromatic rings. The van der Waals surface area contributed by atoms with E-state index in [4.69, 9.17) is 4.74 Å². The zero-order valence-electron chi connectivity index (χ0n) is 13.5. The first kappa shape index (κ1) is 14.4. The van der Waals surface area contributed by atoms with Crippen molar-refractivity contribution in [1.82, 2.24) is 4.90 Å². The van der Waals surface area contributed by atoms with Gasteiger partial charge in [0.15, 0.2) is 0 Å². The van der Waals surface area contributed by atoms with Crippen LogP contribution in [0.15, 0.2) is 54.2 Å². The molecule has 23 heavy (non-hydrogen) atoms. The van der Waals surface area contributed by atoms with Crippen LogP contribution >= 0.6 is 0 Å². The summed E-state index contributed by atoms with van der Waals surface area (Å²) in [5.74, 6) is 1.04. The second-order valence-electron chi connectivity index (χ2n) is 6.43. The smallest absolute Gasteiger partial charge is 0.123 e. The second-order valence-corrected chi connectivity index (χ2v) is 6.43. The molecule has 0 saturated carbocycles. The minimum absolute atomic E-state index is 0.639. The molecule has 2 heteroatoms. The van der Waals surface area contributed by atoms with Crippen LogP contribution in [0.25, 0.3) is 6.08 Å². The highest BCUT2D eigenvalue weighted by Crippen LogP contribution is 2.33. The molecule has 1 aliphatic heterocycles. The number of rotatable bonds is 4. The lowest BCUT2D eigenvalue weighted by Gasteiger charge is -2.26. The molecule has 0 atom stereocenters. The summed E-state index contributed by atoms with van der Waals surface area (Å²) in [4.78, 5) is 2.56. The topological polar surface area (TPSA) is 12.5 Å². The van der Waals surface area contributed by atoms with E-state index in [1.54, 1.807) is 0 Å². The number of allylic oxidation sites excluding steroid dienone is 1. The minimum Gasteiger partial charge on any atom is -0.489 e. The van der Waals surface area contributed by atoms with E-state index in [1.807, 2.05) is 6.07 Å². The summed E-state index contributed by atoms with van der Waals surface area (Å²) >= 11 is 0. The Balaban J connectivity index is 1.53. The highest BCUT2D eigenvalue weighted by molar-refractivity contribution is 5.62. The monoisotopic (exact) mass is 305 g/mol. The summed E-state index contributed by atoms with van der Waals surface area (Å²) in [6.07, 6.45) is 7.27. The largest absolute Gasteiger partial charge is 0.489 e. The van der Waals surface area contributed by atoms with Crippen molar-refractivity contribution in [2.75, 3.05) is 13.1 Å². The number of ether oxygens (including phenoxy) is 1. The van der Waals surface area contributed by atoms with Crippen LogP contribution in [0.3, 0.4) is 0 Å². The van der Waals surface area contributed by atoms with Crippen LogP contribution in [0, 0.1) is 0 Å². The predicted molar refractivity (Wildman–Crippen MR) is 94.3 cm³/mol. The summed E-state index contributed by atoms with van der Waals surface area (Å²) < 4.78 is 6.11. The summed E-state index contributed by atoms with van der Waals surface area (Å²) in [5.41, 5.74) is 5.43. The Labute approximate surface area is 138 Å². The van der Waals surface area contributed by atoms with Crippen LogP contribution < -0.4 is 4.74 Å². The normalized spacial score (nSPS) is 16.9. The van der Waals surface area contributed by atoms with E-state index in [-0.39, 0.29) is 0 Å². The maximum Gasteiger partial charge on any atom is 0.123 e. The Bertz CT molecular complexity index is 699. The van der Waals surface area contributed by atoms with Crippen LogP contribution in [0.5, 0.6) is 5.75 Å².